The van der Waals surface area contributed by atoms with Crippen molar-refractivity contribution in [1.29, 1.82) is 0 Å². The molecular formula is C31H29ClN4O3. The lowest BCUT2D eigenvalue weighted by Gasteiger charge is -2.32. The first-order chi connectivity index (χ1) is 18.9. The fourth-order valence-electron chi connectivity index (χ4n) is 4.28. The summed E-state index contributed by atoms with van der Waals surface area (Å²) in [5.41, 5.74) is 9.54. The maximum absolute atomic E-state index is 14.0. The third-order valence-electron chi connectivity index (χ3n) is 6.45. The van der Waals surface area contributed by atoms with Crippen molar-refractivity contribution in [3.8, 4) is 0 Å². The van der Waals surface area contributed by atoms with Crippen molar-refractivity contribution in [3.05, 3.63) is 125 Å². The van der Waals surface area contributed by atoms with Gasteiger partial charge in [-0.2, -0.15) is 0 Å². The molecule has 0 aliphatic rings. The van der Waals surface area contributed by atoms with Gasteiger partial charge in [0.1, 0.15) is 6.54 Å². The van der Waals surface area contributed by atoms with Crippen molar-refractivity contribution in [2.24, 2.45) is 0 Å². The Morgan fingerprint density at radius 1 is 0.923 bits per heavy atom. The van der Waals surface area contributed by atoms with Gasteiger partial charge in [0.15, 0.2) is 0 Å². The minimum Gasteiger partial charge on any atom is -0.398 e. The fraction of sp³-hybridized carbons (Fsp3) is 0.129. The Morgan fingerprint density at radius 2 is 1.56 bits per heavy atom. The van der Waals surface area contributed by atoms with Gasteiger partial charge in [0.25, 0.3) is 5.91 Å². The van der Waals surface area contributed by atoms with E-state index in [0.29, 0.717) is 34.9 Å². The molecule has 0 spiro atoms. The zero-order chi connectivity index (χ0) is 27.8. The van der Waals surface area contributed by atoms with Crippen LogP contribution in [0.2, 0.25) is 5.02 Å². The summed E-state index contributed by atoms with van der Waals surface area (Å²) in [5, 5.41) is 2.91. The van der Waals surface area contributed by atoms with Gasteiger partial charge in [-0.25, -0.2) is 0 Å². The van der Waals surface area contributed by atoms with E-state index in [9.17, 15) is 14.4 Å². The molecule has 0 saturated carbocycles. The van der Waals surface area contributed by atoms with Crippen LogP contribution in [-0.4, -0.2) is 29.7 Å². The van der Waals surface area contributed by atoms with E-state index < -0.39 is 5.91 Å². The van der Waals surface area contributed by atoms with E-state index >= 15 is 0 Å². The number of carbonyl (C=O) groups is 3. The number of amides is 3. The molecule has 0 unspecified atom stereocenters. The summed E-state index contributed by atoms with van der Waals surface area (Å²) in [6.07, 6.45) is 0.574. The van der Waals surface area contributed by atoms with Crippen molar-refractivity contribution in [1.82, 2.24) is 4.90 Å². The van der Waals surface area contributed by atoms with Gasteiger partial charge in [-0.3, -0.25) is 19.3 Å². The molecule has 1 atom stereocenters. The van der Waals surface area contributed by atoms with E-state index in [1.54, 1.807) is 41.3 Å². The second-order valence-corrected chi connectivity index (χ2v) is 9.44. The summed E-state index contributed by atoms with van der Waals surface area (Å²) in [6, 6.07) is 30.6. The van der Waals surface area contributed by atoms with Crippen LogP contribution in [0.1, 0.15) is 34.5 Å². The lowest BCUT2D eigenvalue weighted by atomic mass is 10.1. The topological polar surface area (TPSA) is 95.7 Å². The van der Waals surface area contributed by atoms with Crippen LogP contribution in [0.5, 0.6) is 0 Å². The number of nitrogens with one attached hydrogen (secondary N) is 1. The highest BCUT2D eigenvalue weighted by atomic mass is 35.5. The van der Waals surface area contributed by atoms with Gasteiger partial charge in [0.05, 0.1) is 16.8 Å². The van der Waals surface area contributed by atoms with Gasteiger partial charge in [0.2, 0.25) is 12.3 Å². The Bertz CT molecular complexity index is 1430. The number of benzene rings is 4. The molecule has 4 aromatic rings. The molecule has 39 heavy (non-hydrogen) atoms. The Balaban J connectivity index is 1.70. The first-order valence-corrected chi connectivity index (χ1v) is 12.8. The maximum atomic E-state index is 14.0. The minimum atomic E-state index is -0.408. The Kier molecular flexibility index (Phi) is 8.97. The second-order valence-electron chi connectivity index (χ2n) is 9.03. The number of hydrogen-bond donors (Lipinski definition) is 2. The molecule has 3 amide bonds. The molecule has 4 aromatic carbocycles. The maximum Gasteiger partial charge on any atom is 0.258 e. The predicted octanol–water partition coefficient (Wildman–Crippen LogP) is 5.93. The summed E-state index contributed by atoms with van der Waals surface area (Å²) in [6.45, 7) is 2.13. The number of rotatable bonds is 10. The molecule has 0 aliphatic carbocycles. The largest absolute Gasteiger partial charge is 0.398 e. The quantitative estimate of drug-likeness (QED) is 0.192. The molecule has 0 fully saturated rings. The number of carbonyl (C=O) groups excluding carboxylic acids is 3. The molecule has 0 saturated heterocycles. The van der Waals surface area contributed by atoms with Crippen LogP contribution in [-0.2, 0) is 16.1 Å². The SMILES string of the molecule is C[C@@H](c1ccccc1)N(Cc1ccccc1)C(=O)CN(C(=O)c1ccc(Cl)c(N)c1)c1ccc(NC=O)cc1. The predicted molar refractivity (Wildman–Crippen MR) is 156 cm³/mol. The van der Waals surface area contributed by atoms with Gasteiger partial charge in [-0.1, -0.05) is 72.3 Å². The van der Waals surface area contributed by atoms with E-state index in [4.69, 9.17) is 17.3 Å². The normalized spacial score (nSPS) is 11.3. The van der Waals surface area contributed by atoms with Crippen LogP contribution in [0.15, 0.2) is 103 Å². The first kappa shape index (κ1) is 27.4. The summed E-state index contributed by atoms with van der Waals surface area (Å²) in [4.78, 5) is 41.8. The summed E-state index contributed by atoms with van der Waals surface area (Å²) in [7, 11) is 0. The molecule has 8 heteroatoms. The van der Waals surface area contributed by atoms with Crippen molar-refractivity contribution in [2.75, 3.05) is 22.5 Å². The number of nitrogen functional groups attached to an aromatic ring is 1. The third-order valence-corrected chi connectivity index (χ3v) is 6.80. The van der Waals surface area contributed by atoms with Gasteiger partial charge >= 0.3 is 0 Å². The van der Waals surface area contributed by atoms with Gasteiger partial charge in [-0.15, -0.1) is 0 Å². The molecule has 7 nitrogen and oxygen atoms in total. The minimum absolute atomic E-state index is 0.216. The van der Waals surface area contributed by atoms with Crippen molar-refractivity contribution in [3.63, 3.8) is 0 Å². The lowest BCUT2D eigenvalue weighted by molar-refractivity contribution is -0.132. The van der Waals surface area contributed by atoms with Crippen LogP contribution in [0.4, 0.5) is 17.1 Å². The zero-order valence-corrected chi connectivity index (χ0v) is 22.2. The highest BCUT2D eigenvalue weighted by Gasteiger charge is 2.27. The van der Waals surface area contributed by atoms with E-state index in [1.165, 1.54) is 11.0 Å². The lowest BCUT2D eigenvalue weighted by Crippen LogP contribution is -2.43. The molecule has 198 valence electrons. The van der Waals surface area contributed by atoms with Crippen molar-refractivity contribution < 1.29 is 14.4 Å². The van der Waals surface area contributed by atoms with E-state index in [0.717, 1.165) is 11.1 Å². The number of anilines is 3. The standard InChI is InChI=1S/C31H29ClN4O3/c1-22(24-10-6-3-7-11-24)35(19-23-8-4-2-5-9-23)30(38)20-36(27-15-13-26(14-16-27)34-21-37)31(39)25-12-17-28(32)29(33)18-25/h2-18,21-22H,19-20,33H2,1H3,(H,34,37)/t22-/m0/s1. The molecule has 4 rings (SSSR count). The van der Waals surface area contributed by atoms with Crippen LogP contribution in [0, 0.1) is 0 Å². The summed E-state index contributed by atoms with van der Waals surface area (Å²) in [5.74, 6) is -0.643. The summed E-state index contributed by atoms with van der Waals surface area (Å²) >= 11 is 6.08. The smallest absolute Gasteiger partial charge is 0.258 e. The highest BCUT2D eigenvalue weighted by Crippen LogP contribution is 2.27. The van der Waals surface area contributed by atoms with E-state index in [-0.39, 0.29) is 24.2 Å². The molecule has 0 aromatic heterocycles. The Labute approximate surface area is 232 Å². The van der Waals surface area contributed by atoms with Crippen LogP contribution >= 0.6 is 11.6 Å². The molecule has 0 bridgehead atoms. The van der Waals surface area contributed by atoms with Crippen molar-refractivity contribution >= 4 is 46.9 Å². The van der Waals surface area contributed by atoms with Crippen LogP contribution in [0.3, 0.4) is 0 Å². The third kappa shape index (κ3) is 6.83. The number of halogens is 1. The average molecular weight is 541 g/mol. The molecule has 3 N–H and O–H groups in total. The molecule has 0 radical (unpaired) electrons. The Morgan fingerprint density at radius 3 is 2.18 bits per heavy atom. The average Bonchev–Trinajstić information content (AvgIpc) is 2.97. The first-order valence-electron chi connectivity index (χ1n) is 12.4. The number of nitrogens with zero attached hydrogens (tertiary/aromatic N) is 2. The van der Waals surface area contributed by atoms with E-state index in [2.05, 4.69) is 5.32 Å². The van der Waals surface area contributed by atoms with Crippen molar-refractivity contribution in [2.45, 2.75) is 19.5 Å². The Hall–Kier alpha value is -4.62. The van der Waals surface area contributed by atoms with Crippen LogP contribution in [0.25, 0.3) is 0 Å². The monoisotopic (exact) mass is 540 g/mol. The van der Waals surface area contributed by atoms with Gasteiger partial charge < -0.3 is 16.0 Å². The van der Waals surface area contributed by atoms with Gasteiger partial charge in [-0.05, 0) is 60.5 Å². The fourth-order valence-corrected chi connectivity index (χ4v) is 4.39. The molecule has 0 aliphatic heterocycles. The summed E-state index contributed by atoms with van der Waals surface area (Å²) < 4.78 is 0. The van der Waals surface area contributed by atoms with Gasteiger partial charge in [0, 0.05) is 23.5 Å². The molecular weight excluding hydrogens is 512 g/mol. The molecule has 0 heterocycles. The zero-order valence-electron chi connectivity index (χ0n) is 21.5. The highest BCUT2D eigenvalue weighted by molar-refractivity contribution is 6.33. The van der Waals surface area contributed by atoms with E-state index in [1.807, 2.05) is 67.6 Å². The number of nitrogens with two attached hydrogens (primary N) is 1. The number of hydrogen-bond acceptors (Lipinski definition) is 4. The second kappa shape index (κ2) is 12.8. The van der Waals surface area contributed by atoms with Crippen LogP contribution < -0.4 is 16.0 Å².